The molecule has 3 heterocycles. The lowest BCUT2D eigenvalue weighted by Crippen LogP contribution is -2.61. The molecule has 3 aromatic rings. The molecule has 15 heteroatoms. The maximum Gasteiger partial charge on any atom is 0.229 e. The van der Waals surface area contributed by atoms with Crippen molar-refractivity contribution >= 4 is 11.0 Å². The van der Waals surface area contributed by atoms with E-state index in [0.717, 1.165) is 12.1 Å². The smallest absolute Gasteiger partial charge is 0.229 e. The van der Waals surface area contributed by atoms with Crippen LogP contribution in [-0.2, 0) is 14.2 Å². The molecule has 0 radical (unpaired) electrons. The summed E-state index contributed by atoms with van der Waals surface area (Å²) in [6.45, 7) is 0.953. The molecule has 8 N–H and O–H groups in total. The lowest BCUT2D eigenvalue weighted by atomic mass is 9.98. The summed E-state index contributed by atoms with van der Waals surface area (Å²) in [5.74, 6) is -0.605. The fourth-order valence-corrected chi connectivity index (χ4v) is 4.92. The number of methoxy groups -OCH3 is 1. The standard InChI is InChI=1S/C28H32O15/c1-10-21(32)23(34)25(36)27(40-10)39-9-19-22(33)24(35)26(37)28(43-19)41-12-6-14(30)20-15(31)8-17(42-18(20)7-12)11-3-4-16(38-2)13(29)5-11/h3-8,10,19,21-30,32-37H,9H2,1-2H3/t10?,19?,21-,22+,23-,24-,25?,26?,27+,28+/m0/s1. The Morgan fingerprint density at radius 3 is 2.19 bits per heavy atom. The van der Waals surface area contributed by atoms with Gasteiger partial charge in [0.05, 0.1) is 19.8 Å². The first-order valence-corrected chi connectivity index (χ1v) is 13.3. The molecule has 0 amide bonds. The summed E-state index contributed by atoms with van der Waals surface area (Å²) in [6, 6.07) is 7.78. The molecule has 234 valence electrons. The first-order valence-electron chi connectivity index (χ1n) is 13.3. The zero-order chi connectivity index (χ0) is 31.2. The normalized spacial score (nSPS) is 32.9. The summed E-state index contributed by atoms with van der Waals surface area (Å²) in [5, 5.41) is 82.0. The van der Waals surface area contributed by atoms with Crippen molar-refractivity contribution in [2.24, 2.45) is 0 Å². The van der Waals surface area contributed by atoms with E-state index in [1.165, 1.54) is 32.2 Å². The minimum Gasteiger partial charge on any atom is -0.507 e. The zero-order valence-electron chi connectivity index (χ0n) is 22.9. The number of phenolic OH excluding ortho intramolecular Hbond substituents is 2. The molecule has 0 aliphatic carbocycles. The van der Waals surface area contributed by atoms with Crippen LogP contribution < -0.4 is 14.9 Å². The fourth-order valence-electron chi connectivity index (χ4n) is 4.92. The maximum absolute atomic E-state index is 12.8. The van der Waals surface area contributed by atoms with Crippen molar-refractivity contribution in [2.75, 3.05) is 13.7 Å². The van der Waals surface area contributed by atoms with Crippen LogP contribution >= 0.6 is 0 Å². The minimum atomic E-state index is -1.78. The number of phenols is 2. The zero-order valence-corrected chi connectivity index (χ0v) is 22.9. The summed E-state index contributed by atoms with van der Waals surface area (Å²) in [7, 11) is 1.38. The first-order chi connectivity index (χ1) is 20.4. The molecule has 2 aromatic carbocycles. The highest BCUT2D eigenvalue weighted by Gasteiger charge is 2.47. The van der Waals surface area contributed by atoms with Gasteiger partial charge in [-0.15, -0.1) is 0 Å². The van der Waals surface area contributed by atoms with Crippen molar-refractivity contribution in [2.45, 2.75) is 68.3 Å². The second-order valence-corrected chi connectivity index (χ2v) is 10.3. The van der Waals surface area contributed by atoms with E-state index >= 15 is 0 Å². The highest BCUT2D eigenvalue weighted by molar-refractivity contribution is 5.86. The average Bonchev–Trinajstić information content (AvgIpc) is 2.97. The number of benzene rings is 2. The molecule has 10 atom stereocenters. The number of aliphatic hydroxyl groups is 6. The van der Waals surface area contributed by atoms with E-state index in [9.17, 15) is 45.6 Å². The molecule has 0 bridgehead atoms. The van der Waals surface area contributed by atoms with Crippen LogP contribution in [0, 0.1) is 0 Å². The quantitative estimate of drug-likeness (QED) is 0.159. The molecule has 5 rings (SSSR count). The van der Waals surface area contributed by atoms with Crippen molar-refractivity contribution in [3.05, 3.63) is 46.6 Å². The fraction of sp³-hybridized carbons (Fsp3) is 0.464. The molecular formula is C28H32O15. The maximum atomic E-state index is 12.8. The Labute approximate surface area is 243 Å². The second kappa shape index (κ2) is 12.2. The van der Waals surface area contributed by atoms with Crippen molar-refractivity contribution in [3.63, 3.8) is 0 Å². The topological polar surface area (TPSA) is 238 Å². The summed E-state index contributed by atoms with van der Waals surface area (Å²) < 4.78 is 32.9. The number of rotatable bonds is 7. The van der Waals surface area contributed by atoms with Crippen LogP contribution in [0.1, 0.15) is 6.92 Å². The number of aliphatic hydroxyl groups excluding tert-OH is 6. The third kappa shape index (κ3) is 5.99. The van der Waals surface area contributed by atoms with Gasteiger partial charge in [0.2, 0.25) is 6.29 Å². The van der Waals surface area contributed by atoms with Crippen LogP contribution in [0.4, 0.5) is 0 Å². The van der Waals surface area contributed by atoms with E-state index in [-0.39, 0.29) is 34.0 Å². The van der Waals surface area contributed by atoms with Crippen LogP contribution in [0.25, 0.3) is 22.3 Å². The largest absolute Gasteiger partial charge is 0.507 e. The number of hydrogen-bond acceptors (Lipinski definition) is 15. The average molecular weight is 609 g/mol. The molecule has 2 fully saturated rings. The number of aromatic hydroxyl groups is 2. The van der Waals surface area contributed by atoms with Gasteiger partial charge in [0.25, 0.3) is 0 Å². The summed E-state index contributed by atoms with van der Waals surface area (Å²) in [5.41, 5.74) is -0.381. The third-order valence-electron chi connectivity index (χ3n) is 7.40. The van der Waals surface area contributed by atoms with Gasteiger partial charge < -0.3 is 69.0 Å². The predicted octanol–water partition coefficient (Wildman–Crippen LogP) is -1.09. The first kappa shape index (κ1) is 30.9. The Morgan fingerprint density at radius 1 is 0.791 bits per heavy atom. The summed E-state index contributed by atoms with van der Waals surface area (Å²) in [6.07, 6.45) is -15.0. The Morgan fingerprint density at radius 2 is 1.49 bits per heavy atom. The molecule has 4 unspecified atom stereocenters. The van der Waals surface area contributed by atoms with Gasteiger partial charge in [-0.3, -0.25) is 4.79 Å². The third-order valence-corrected chi connectivity index (χ3v) is 7.40. The second-order valence-electron chi connectivity index (χ2n) is 10.3. The molecule has 15 nitrogen and oxygen atoms in total. The van der Waals surface area contributed by atoms with E-state index in [1.54, 1.807) is 6.07 Å². The van der Waals surface area contributed by atoms with Gasteiger partial charge in [0.1, 0.15) is 71.0 Å². The minimum absolute atomic E-state index is 0.0517. The van der Waals surface area contributed by atoms with Crippen LogP contribution in [0.15, 0.2) is 45.6 Å². The molecule has 2 aliphatic heterocycles. The number of hydrogen-bond donors (Lipinski definition) is 8. The Hall–Kier alpha value is -3.51. The van der Waals surface area contributed by atoms with Gasteiger partial charge in [0.15, 0.2) is 23.2 Å². The van der Waals surface area contributed by atoms with E-state index < -0.39 is 79.2 Å². The van der Waals surface area contributed by atoms with Crippen molar-refractivity contribution < 1.29 is 69.0 Å². The summed E-state index contributed by atoms with van der Waals surface area (Å²) in [4.78, 5) is 12.8. The Bertz CT molecular complexity index is 1510. The molecule has 2 saturated heterocycles. The highest BCUT2D eigenvalue weighted by Crippen LogP contribution is 2.35. The lowest BCUT2D eigenvalue weighted by Gasteiger charge is -2.42. The highest BCUT2D eigenvalue weighted by atomic mass is 16.7. The van der Waals surface area contributed by atoms with Crippen LogP contribution in [-0.4, -0.2) is 116 Å². The van der Waals surface area contributed by atoms with Gasteiger partial charge in [-0.2, -0.15) is 0 Å². The van der Waals surface area contributed by atoms with Gasteiger partial charge >= 0.3 is 0 Å². The van der Waals surface area contributed by atoms with Gasteiger partial charge in [-0.1, -0.05) is 0 Å². The van der Waals surface area contributed by atoms with Crippen LogP contribution in [0.2, 0.25) is 0 Å². The number of ether oxygens (including phenoxy) is 5. The van der Waals surface area contributed by atoms with Gasteiger partial charge in [-0.05, 0) is 25.1 Å². The van der Waals surface area contributed by atoms with Gasteiger partial charge in [-0.25, -0.2) is 0 Å². The molecule has 2 aliphatic rings. The van der Waals surface area contributed by atoms with E-state index in [0.29, 0.717) is 5.56 Å². The van der Waals surface area contributed by atoms with Gasteiger partial charge in [0, 0.05) is 23.8 Å². The SMILES string of the molecule is COc1ccc(-c2cc(=O)c3c(O)cc(O[C@@H]4OC(CO[C@@H]5OC(C)[C@H](O)[C@H](O)C5O)[C@@H](O)[C@H](O)C4O)cc3o2)cc1O. The van der Waals surface area contributed by atoms with Crippen molar-refractivity contribution in [3.8, 4) is 34.3 Å². The molecule has 0 spiro atoms. The van der Waals surface area contributed by atoms with E-state index in [2.05, 4.69) is 0 Å². The number of fused-ring (bicyclic) bond motifs is 1. The molecule has 43 heavy (non-hydrogen) atoms. The van der Waals surface area contributed by atoms with E-state index in [4.69, 9.17) is 28.1 Å². The molecule has 0 saturated carbocycles. The Balaban J connectivity index is 1.36. The monoisotopic (exact) mass is 608 g/mol. The predicted molar refractivity (Wildman–Crippen MR) is 143 cm³/mol. The molecule has 1 aromatic heterocycles. The van der Waals surface area contributed by atoms with Crippen LogP contribution in [0.5, 0.6) is 23.0 Å². The van der Waals surface area contributed by atoms with Crippen molar-refractivity contribution in [1.29, 1.82) is 0 Å². The summed E-state index contributed by atoms with van der Waals surface area (Å²) >= 11 is 0. The van der Waals surface area contributed by atoms with E-state index in [1.807, 2.05) is 0 Å². The van der Waals surface area contributed by atoms with Crippen molar-refractivity contribution in [1.82, 2.24) is 0 Å². The van der Waals surface area contributed by atoms with Crippen LogP contribution in [0.3, 0.4) is 0 Å². The molecular weight excluding hydrogens is 576 g/mol. The Kier molecular flexibility index (Phi) is 8.80. The lowest BCUT2D eigenvalue weighted by molar-refractivity contribution is -0.318.